The Hall–Kier alpha value is -0.340. The number of rotatable bonds is 1. The number of fused-ring (bicyclic) bond motifs is 1. The van der Waals surface area contributed by atoms with Gasteiger partial charge in [0.15, 0.2) is 0 Å². The van der Waals surface area contributed by atoms with Crippen molar-refractivity contribution in [1.82, 2.24) is 0 Å². The molecule has 0 heterocycles. The van der Waals surface area contributed by atoms with Gasteiger partial charge in [-0.15, -0.1) is 0 Å². The van der Waals surface area contributed by atoms with E-state index in [0.717, 1.165) is 10.0 Å². The highest BCUT2D eigenvalue weighted by atomic mass is 79.9. The number of hydrogen-bond acceptors (Lipinski definition) is 1. The van der Waals surface area contributed by atoms with Gasteiger partial charge in [0.1, 0.15) is 0 Å². The van der Waals surface area contributed by atoms with Gasteiger partial charge >= 0.3 is 0 Å². The molecular weight excluding hydrogens is 264 g/mol. The van der Waals surface area contributed by atoms with Gasteiger partial charge in [-0.1, -0.05) is 47.0 Å². The largest absolute Gasteiger partial charge is 0.385 e. The first-order valence-corrected chi connectivity index (χ1v) is 6.93. The van der Waals surface area contributed by atoms with Crippen molar-refractivity contribution < 1.29 is 5.11 Å². The van der Waals surface area contributed by atoms with Crippen LogP contribution in [0.4, 0.5) is 0 Å². The van der Waals surface area contributed by atoms with E-state index in [1.54, 1.807) is 0 Å². The Bertz CT molecular complexity index is 415. The van der Waals surface area contributed by atoms with Gasteiger partial charge in [-0.05, 0) is 42.7 Å². The summed E-state index contributed by atoms with van der Waals surface area (Å²) in [6, 6.07) is 6.22. The molecule has 2 aliphatic carbocycles. The van der Waals surface area contributed by atoms with Gasteiger partial charge in [0.25, 0.3) is 0 Å². The van der Waals surface area contributed by atoms with E-state index in [4.69, 9.17) is 0 Å². The molecule has 2 aliphatic rings. The zero-order chi connectivity index (χ0) is 11.3. The maximum absolute atomic E-state index is 10.8. The Kier molecular flexibility index (Phi) is 2.41. The summed E-state index contributed by atoms with van der Waals surface area (Å²) in [5, 5.41) is 10.8. The normalized spacial score (nSPS) is 36.9. The molecule has 1 aromatic rings. The number of aliphatic hydroxyl groups is 1. The second kappa shape index (κ2) is 3.58. The first-order valence-electron chi connectivity index (χ1n) is 6.13. The lowest BCUT2D eigenvalue weighted by atomic mass is 10.0. The van der Waals surface area contributed by atoms with Crippen molar-refractivity contribution in [3.63, 3.8) is 0 Å². The molecule has 0 radical (unpaired) electrons. The number of halogens is 1. The molecule has 2 fully saturated rings. The van der Waals surface area contributed by atoms with Crippen LogP contribution in [0, 0.1) is 18.8 Å². The van der Waals surface area contributed by atoms with Crippen LogP contribution in [0.5, 0.6) is 0 Å². The van der Waals surface area contributed by atoms with E-state index in [0.29, 0.717) is 11.8 Å². The van der Waals surface area contributed by atoms with Gasteiger partial charge < -0.3 is 5.11 Å². The quantitative estimate of drug-likeness (QED) is 0.831. The van der Waals surface area contributed by atoms with Crippen LogP contribution in [-0.4, -0.2) is 5.11 Å². The van der Waals surface area contributed by atoms with Crippen LogP contribution in [0.2, 0.25) is 0 Å². The molecule has 2 saturated carbocycles. The topological polar surface area (TPSA) is 20.2 Å². The molecule has 0 aliphatic heterocycles. The molecular formula is C14H17BrO. The smallest absolute Gasteiger partial charge is 0.0971 e. The van der Waals surface area contributed by atoms with Crippen molar-refractivity contribution in [2.45, 2.75) is 38.2 Å². The SMILES string of the molecule is Cc1cccc(C2(O)C3CCCCC32)c1Br. The lowest BCUT2D eigenvalue weighted by molar-refractivity contribution is 0.117. The van der Waals surface area contributed by atoms with Crippen molar-refractivity contribution in [3.8, 4) is 0 Å². The van der Waals surface area contributed by atoms with Crippen LogP contribution in [0.25, 0.3) is 0 Å². The number of aryl methyl sites for hydroxylation is 1. The van der Waals surface area contributed by atoms with Gasteiger partial charge in [-0.2, -0.15) is 0 Å². The predicted octanol–water partition coefficient (Wildman–Crippen LogP) is 3.77. The zero-order valence-corrected chi connectivity index (χ0v) is 11.1. The van der Waals surface area contributed by atoms with Gasteiger partial charge in [0.2, 0.25) is 0 Å². The Morgan fingerprint density at radius 3 is 2.50 bits per heavy atom. The summed E-state index contributed by atoms with van der Waals surface area (Å²) >= 11 is 3.63. The lowest BCUT2D eigenvalue weighted by Crippen LogP contribution is -2.11. The Morgan fingerprint density at radius 1 is 1.25 bits per heavy atom. The Labute approximate surface area is 105 Å². The van der Waals surface area contributed by atoms with E-state index >= 15 is 0 Å². The summed E-state index contributed by atoms with van der Waals surface area (Å²) in [5.74, 6) is 1.03. The third-order valence-corrected chi connectivity index (χ3v) is 5.46. The molecule has 1 N–H and O–H groups in total. The molecule has 0 spiro atoms. The molecule has 86 valence electrons. The van der Waals surface area contributed by atoms with E-state index in [1.807, 2.05) is 0 Å². The molecule has 0 aromatic heterocycles. The third kappa shape index (κ3) is 1.32. The highest BCUT2D eigenvalue weighted by molar-refractivity contribution is 9.10. The molecule has 2 unspecified atom stereocenters. The monoisotopic (exact) mass is 280 g/mol. The van der Waals surface area contributed by atoms with Crippen molar-refractivity contribution in [1.29, 1.82) is 0 Å². The second-order valence-electron chi connectivity index (χ2n) is 5.26. The van der Waals surface area contributed by atoms with E-state index < -0.39 is 5.60 Å². The minimum atomic E-state index is -0.526. The van der Waals surface area contributed by atoms with Crippen molar-refractivity contribution in [2.24, 2.45) is 11.8 Å². The first-order chi connectivity index (χ1) is 7.65. The van der Waals surface area contributed by atoms with Crippen LogP contribution in [0.1, 0.15) is 36.8 Å². The molecule has 0 bridgehead atoms. The fourth-order valence-corrected chi connectivity index (χ4v) is 4.03. The lowest BCUT2D eigenvalue weighted by Gasteiger charge is -2.14. The third-order valence-electron chi connectivity index (χ3n) is 4.41. The summed E-state index contributed by atoms with van der Waals surface area (Å²) in [5.41, 5.74) is 1.81. The molecule has 1 nitrogen and oxygen atoms in total. The fraction of sp³-hybridized carbons (Fsp3) is 0.571. The highest BCUT2D eigenvalue weighted by Crippen LogP contribution is 2.65. The maximum atomic E-state index is 10.8. The highest BCUT2D eigenvalue weighted by Gasteiger charge is 2.65. The first kappa shape index (κ1) is 10.8. The van der Waals surface area contributed by atoms with E-state index in [-0.39, 0.29) is 0 Å². The van der Waals surface area contributed by atoms with E-state index in [9.17, 15) is 5.11 Å². The summed E-state index contributed by atoms with van der Waals surface area (Å²) in [4.78, 5) is 0. The molecule has 16 heavy (non-hydrogen) atoms. The van der Waals surface area contributed by atoms with Crippen molar-refractivity contribution in [3.05, 3.63) is 33.8 Å². The molecule has 1 aromatic carbocycles. The summed E-state index contributed by atoms with van der Waals surface area (Å²) < 4.78 is 1.10. The predicted molar refractivity (Wildman–Crippen MR) is 68.2 cm³/mol. The van der Waals surface area contributed by atoms with Crippen molar-refractivity contribution in [2.75, 3.05) is 0 Å². The standard InChI is InChI=1S/C14H17BrO/c1-9-5-4-8-12(13(9)15)14(16)10-6-2-3-7-11(10)14/h4-5,8,10-11,16H,2-3,6-7H2,1H3. The minimum Gasteiger partial charge on any atom is -0.385 e. The van der Waals surface area contributed by atoms with Crippen LogP contribution >= 0.6 is 15.9 Å². The minimum absolute atomic E-state index is 0.513. The van der Waals surface area contributed by atoms with Gasteiger partial charge in [-0.3, -0.25) is 0 Å². The summed E-state index contributed by atoms with van der Waals surface area (Å²) in [6.07, 6.45) is 4.96. The van der Waals surface area contributed by atoms with E-state index in [1.165, 1.54) is 31.2 Å². The number of hydrogen-bond donors (Lipinski definition) is 1. The Balaban J connectivity index is 2.01. The fourth-order valence-electron chi connectivity index (χ4n) is 3.45. The number of benzene rings is 1. The molecule has 2 heteroatoms. The molecule has 2 atom stereocenters. The van der Waals surface area contributed by atoms with Gasteiger partial charge in [0.05, 0.1) is 5.60 Å². The van der Waals surface area contributed by atoms with Crippen LogP contribution in [-0.2, 0) is 5.60 Å². The zero-order valence-electron chi connectivity index (χ0n) is 9.54. The average Bonchev–Trinajstić information content (AvgIpc) is 2.91. The van der Waals surface area contributed by atoms with Crippen molar-refractivity contribution >= 4 is 15.9 Å². The van der Waals surface area contributed by atoms with Gasteiger partial charge in [0, 0.05) is 4.47 Å². The molecule has 0 amide bonds. The second-order valence-corrected chi connectivity index (χ2v) is 6.05. The summed E-state index contributed by atoms with van der Waals surface area (Å²) in [7, 11) is 0. The van der Waals surface area contributed by atoms with Crippen LogP contribution < -0.4 is 0 Å². The molecule has 0 saturated heterocycles. The summed E-state index contributed by atoms with van der Waals surface area (Å²) in [6.45, 7) is 2.09. The average molecular weight is 281 g/mol. The molecule has 3 rings (SSSR count). The van der Waals surface area contributed by atoms with E-state index in [2.05, 4.69) is 41.1 Å². The van der Waals surface area contributed by atoms with Crippen LogP contribution in [0.3, 0.4) is 0 Å². The maximum Gasteiger partial charge on any atom is 0.0971 e. The van der Waals surface area contributed by atoms with Crippen LogP contribution in [0.15, 0.2) is 22.7 Å². The van der Waals surface area contributed by atoms with Gasteiger partial charge in [-0.25, -0.2) is 0 Å². The Morgan fingerprint density at radius 2 is 1.88 bits per heavy atom.